The minimum Gasteiger partial charge on any atom is -0.443 e. The minimum absolute atomic E-state index is 0.0478. The first-order chi connectivity index (χ1) is 17.8. The molecule has 1 saturated heterocycles. The van der Waals surface area contributed by atoms with Gasteiger partial charge in [0.1, 0.15) is 12.1 Å². The lowest BCUT2D eigenvalue weighted by Gasteiger charge is -2.36. The van der Waals surface area contributed by atoms with Crippen molar-refractivity contribution >= 4 is 17.7 Å². The topological polar surface area (TPSA) is 125 Å². The highest BCUT2D eigenvalue weighted by Crippen LogP contribution is 2.27. The van der Waals surface area contributed by atoms with E-state index in [4.69, 9.17) is 4.42 Å². The van der Waals surface area contributed by atoms with Crippen LogP contribution in [0.15, 0.2) is 35.1 Å². The van der Waals surface area contributed by atoms with Crippen LogP contribution in [-0.2, 0) is 20.9 Å². The number of carbonyl (C=O) groups excluding carboxylic acids is 3. The molecule has 0 bridgehead atoms. The van der Waals surface area contributed by atoms with Crippen LogP contribution in [0.1, 0.15) is 65.6 Å². The lowest BCUT2D eigenvalue weighted by molar-refractivity contribution is -0.144. The number of likely N-dealkylation sites (tertiary alicyclic amines) is 1. The van der Waals surface area contributed by atoms with E-state index in [0.29, 0.717) is 18.1 Å². The fraction of sp³-hybridized carbons (Fsp3) is 0.586. The molecule has 1 aromatic carbocycles. The number of benzene rings is 1. The summed E-state index contributed by atoms with van der Waals surface area (Å²) in [4.78, 5) is 45.3. The van der Waals surface area contributed by atoms with E-state index in [1.54, 1.807) is 0 Å². The Morgan fingerprint density at radius 3 is 2.37 bits per heavy atom. The third-order valence-electron chi connectivity index (χ3n) is 6.97. The van der Waals surface area contributed by atoms with Crippen molar-refractivity contribution in [1.29, 1.82) is 0 Å². The maximum absolute atomic E-state index is 13.7. The number of aromatic nitrogens is 1. The van der Waals surface area contributed by atoms with Crippen molar-refractivity contribution in [2.24, 2.45) is 17.3 Å². The van der Waals surface area contributed by atoms with Gasteiger partial charge in [-0.1, -0.05) is 65.8 Å². The van der Waals surface area contributed by atoms with Crippen molar-refractivity contribution in [2.75, 3.05) is 6.54 Å². The number of amides is 3. The van der Waals surface area contributed by atoms with Gasteiger partial charge in [0.2, 0.25) is 17.7 Å². The molecule has 1 aliphatic heterocycles. The highest BCUT2D eigenvalue weighted by Gasteiger charge is 2.44. The van der Waals surface area contributed by atoms with Gasteiger partial charge in [-0.3, -0.25) is 14.4 Å². The smallest absolute Gasteiger partial charge is 0.246 e. The van der Waals surface area contributed by atoms with Crippen molar-refractivity contribution in [3.8, 4) is 11.3 Å². The standard InChI is InChI=1S/C29H42N4O5/c1-17(2)12-18(3)26(35)32-25(29(5,6)7)28(37)33-15-22(34)13-23(33)27(36)30-14-20-8-10-21(11-9-20)24-19(4)31-16-38-24/h8-11,16-18,22-23,25,34H,12-15H2,1-7H3,(H,30,36)(H,32,35). The van der Waals surface area contributed by atoms with Crippen LogP contribution in [0.5, 0.6) is 0 Å². The second-order valence-corrected chi connectivity index (χ2v) is 11.9. The van der Waals surface area contributed by atoms with Gasteiger partial charge in [-0.15, -0.1) is 0 Å². The Balaban J connectivity index is 1.68. The van der Waals surface area contributed by atoms with E-state index in [-0.39, 0.29) is 43.1 Å². The van der Waals surface area contributed by atoms with Gasteiger partial charge in [-0.25, -0.2) is 4.98 Å². The molecule has 38 heavy (non-hydrogen) atoms. The van der Waals surface area contributed by atoms with Crippen LogP contribution in [-0.4, -0.2) is 57.4 Å². The fourth-order valence-corrected chi connectivity index (χ4v) is 4.88. The van der Waals surface area contributed by atoms with E-state index in [9.17, 15) is 19.5 Å². The Morgan fingerprint density at radius 2 is 1.82 bits per heavy atom. The van der Waals surface area contributed by atoms with Crippen molar-refractivity contribution in [1.82, 2.24) is 20.5 Å². The largest absolute Gasteiger partial charge is 0.443 e. The van der Waals surface area contributed by atoms with Gasteiger partial charge in [0.05, 0.1) is 11.8 Å². The van der Waals surface area contributed by atoms with E-state index >= 15 is 0 Å². The number of oxazole rings is 1. The van der Waals surface area contributed by atoms with E-state index in [2.05, 4.69) is 29.5 Å². The number of nitrogens with one attached hydrogen (secondary N) is 2. The van der Waals surface area contributed by atoms with Crippen molar-refractivity contribution in [3.63, 3.8) is 0 Å². The summed E-state index contributed by atoms with van der Waals surface area (Å²) in [6.45, 7) is 13.8. The van der Waals surface area contributed by atoms with Crippen LogP contribution in [0.2, 0.25) is 0 Å². The zero-order valence-corrected chi connectivity index (χ0v) is 23.6. The number of aliphatic hydroxyl groups is 1. The normalized spacial score (nSPS) is 19.3. The quantitative estimate of drug-likeness (QED) is 0.460. The molecule has 208 valence electrons. The van der Waals surface area contributed by atoms with E-state index < -0.39 is 23.6 Å². The Hall–Kier alpha value is -3.20. The second-order valence-electron chi connectivity index (χ2n) is 11.9. The van der Waals surface area contributed by atoms with Crippen LogP contribution in [0.4, 0.5) is 0 Å². The summed E-state index contributed by atoms with van der Waals surface area (Å²) in [5.74, 6) is -0.0622. The monoisotopic (exact) mass is 526 g/mol. The van der Waals surface area contributed by atoms with Gasteiger partial charge in [0.25, 0.3) is 0 Å². The third kappa shape index (κ3) is 7.22. The van der Waals surface area contributed by atoms with Crippen LogP contribution in [0.25, 0.3) is 11.3 Å². The Kier molecular flexibility index (Phi) is 9.35. The maximum Gasteiger partial charge on any atom is 0.246 e. The first-order valence-corrected chi connectivity index (χ1v) is 13.3. The molecule has 1 aromatic heterocycles. The van der Waals surface area contributed by atoms with Crippen molar-refractivity contribution < 1.29 is 23.9 Å². The zero-order chi connectivity index (χ0) is 28.2. The molecule has 4 atom stereocenters. The number of hydrogen-bond acceptors (Lipinski definition) is 6. The van der Waals surface area contributed by atoms with Gasteiger partial charge in [-0.2, -0.15) is 0 Å². The predicted octanol–water partition coefficient (Wildman–Crippen LogP) is 3.44. The first kappa shape index (κ1) is 29.4. The number of carbonyl (C=O) groups is 3. The maximum atomic E-state index is 13.7. The zero-order valence-electron chi connectivity index (χ0n) is 23.6. The van der Waals surface area contributed by atoms with Gasteiger partial charge in [-0.05, 0) is 30.2 Å². The van der Waals surface area contributed by atoms with E-state index in [0.717, 1.165) is 16.8 Å². The molecule has 1 aliphatic rings. The molecule has 9 nitrogen and oxygen atoms in total. The third-order valence-corrected chi connectivity index (χ3v) is 6.97. The fourth-order valence-electron chi connectivity index (χ4n) is 4.88. The van der Waals surface area contributed by atoms with Gasteiger partial charge >= 0.3 is 0 Å². The van der Waals surface area contributed by atoms with Crippen molar-refractivity contribution in [3.05, 3.63) is 41.9 Å². The summed E-state index contributed by atoms with van der Waals surface area (Å²) in [5.41, 5.74) is 2.00. The molecular weight excluding hydrogens is 484 g/mol. The Bertz CT molecular complexity index is 1120. The predicted molar refractivity (Wildman–Crippen MR) is 145 cm³/mol. The summed E-state index contributed by atoms with van der Waals surface area (Å²) in [6.07, 6.45) is 1.46. The van der Waals surface area contributed by atoms with Crippen LogP contribution < -0.4 is 10.6 Å². The average Bonchev–Trinajstić information content (AvgIpc) is 3.45. The SMILES string of the molecule is Cc1ncoc1-c1ccc(CNC(=O)C2CC(O)CN2C(=O)C(NC(=O)C(C)CC(C)C)C(C)(C)C)cc1. The molecule has 0 spiro atoms. The molecule has 3 amide bonds. The lowest BCUT2D eigenvalue weighted by atomic mass is 9.85. The minimum atomic E-state index is -0.822. The second kappa shape index (κ2) is 12.1. The highest BCUT2D eigenvalue weighted by atomic mass is 16.3. The Morgan fingerprint density at radius 1 is 1.16 bits per heavy atom. The molecule has 3 N–H and O–H groups in total. The molecule has 3 rings (SSSR count). The van der Waals surface area contributed by atoms with Gasteiger partial charge < -0.3 is 25.1 Å². The molecule has 2 aromatic rings. The summed E-state index contributed by atoms with van der Waals surface area (Å²) in [5, 5.41) is 16.2. The molecule has 0 aliphatic carbocycles. The van der Waals surface area contributed by atoms with E-state index in [1.165, 1.54) is 11.3 Å². The highest BCUT2D eigenvalue weighted by molar-refractivity contribution is 5.93. The Labute approximate surface area is 225 Å². The van der Waals surface area contributed by atoms with Gasteiger partial charge in [0.15, 0.2) is 12.2 Å². The molecule has 2 heterocycles. The molecule has 0 saturated carbocycles. The number of nitrogens with zero attached hydrogens (tertiary/aromatic N) is 2. The van der Waals surface area contributed by atoms with Crippen LogP contribution in [0, 0.1) is 24.2 Å². The number of β-amino-alcohol motifs (C(OH)–C–C–N with tert-alkyl or cyclic N) is 1. The lowest BCUT2D eigenvalue weighted by Crippen LogP contribution is -2.58. The van der Waals surface area contributed by atoms with Crippen LogP contribution in [0.3, 0.4) is 0 Å². The number of hydrogen-bond donors (Lipinski definition) is 3. The summed E-state index contributed by atoms with van der Waals surface area (Å²) >= 11 is 0. The summed E-state index contributed by atoms with van der Waals surface area (Å²) < 4.78 is 5.43. The molecule has 9 heteroatoms. The number of rotatable bonds is 9. The van der Waals surface area contributed by atoms with Crippen LogP contribution >= 0.6 is 0 Å². The summed E-state index contributed by atoms with van der Waals surface area (Å²) in [7, 11) is 0. The van der Waals surface area contributed by atoms with E-state index in [1.807, 2.05) is 58.9 Å². The summed E-state index contributed by atoms with van der Waals surface area (Å²) in [6, 6.07) is 5.96. The molecule has 1 fully saturated rings. The number of aryl methyl sites for hydroxylation is 1. The number of aliphatic hydroxyl groups excluding tert-OH is 1. The van der Waals surface area contributed by atoms with Gasteiger partial charge in [0, 0.05) is 31.0 Å². The first-order valence-electron chi connectivity index (χ1n) is 13.3. The molecule has 4 unspecified atom stereocenters. The molecule has 0 radical (unpaired) electrons. The van der Waals surface area contributed by atoms with Crippen molar-refractivity contribution in [2.45, 2.75) is 86.0 Å². The molecular formula is C29H42N4O5. The average molecular weight is 527 g/mol.